The smallest absolute Gasteiger partial charge is 0.327 e. The van der Waals surface area contributed by atoms with Gasteiger partial charge in [-0.05, 0) is 0 Å². The lowest BCUT2D eigenvalue weighted by Crippen LogP contribution is -2.53. The number of guanidine groups is 1. The summed E-state index contributed by atoms with van der Waals surface area (Å²) < 4.78 is 0. The molecule has 9 heteroatoms. The summed E-state index contributed by atoms with van der Waals surface area (Å²) >= 11 is 0. The Bertz CT molecular complexity index is 209. The Kier molecular flexibility index (Phi) is 6.48. The third kappa shape index (κ3) is 5.10. The van der Waals surface area contributed by atoms with E-state index in [2.05, 4.69) is 5.73 Å². The van der Waals surface area contributed by atoms with Crippen LogP contribution in [0, 0.1) is 16.9 Å². The molecule has 12 heavy (non-hydrogen) atoms. The average Bonchev–Trinajstić information content (AvgIpc) is 1.87. The summed E-state index contributed by atoms with van der Waals surface area (Å²) in [4.78, 5) is 10.0. The quantitative estimate of drug-likeness (QED) is 0.115. The predicted molar refractivity (Wildman–Crippen MR) is 42.5 cm³/mol. The molecule has 0 aliphatic carbocycles. The van der Waals surface area contributed by atoms with Crippen LogP contribution in [0.3, 0.4) is 0 Å². The van der Waals surface area contributed by atoms with Crippen LogP contribution in [0.2, 0.25) is 0 Å². The van der Waals surface area contributed by atoms with Crippen LogP contribution in [-0.2, 0) is 0 Å². The fourth-order valence-corrected chi connectivity index (χ4v) is 0.250. The van der Waals surface area contributed by atoms with Gasteiger partial charge in [-0.15, -0.1) is 17.9 Å². The zero-order valence-electron chi connectivity index (χ0n) is 5.87. The minimum absolute atomic E-state index is 0. The maximum atomic E-state index is 10.0. The van der Waals surface area contributed by atoms with Gasteiger partial charge in [-0.2, -0.15) is 10.3 Å². The minimum atomic E-state index is -0.883. The van der Waals surface area contributed by atoms with Gasteiger partial charge in [-0.1, -0.05) is 0 Å². The normalized spacial score (nSPS) is 7.25. The second kappa shape index (κ2) is 6.02. The summed E-state index contributed by atoms with van der Waals surface area (Å²) in [7, 11) is 0. The number of hydrogen-bond donors (Lipinski definition) is 5. The van der Waals surface area contributed by atoms with Crippen molar-refractivity contribution in [1.29, 1.82) is 10.7 Å². The molecule has 0 saturated carbocycles. The number of hydrazine groups is 2. The van der Waals surface area contributed by atoms with Crippen LogP contribution in [-0.4, -0.2) is 17.0 Å². The number of primary amides is 1. The van der Waals surface area contributed by atoms with Crippen molar-refractivity contribution < 1.29 is 4.79 Å². The SMILES string of the molecule is Cl.N#CN(NNC(N)=O)C(=N)N. The lowest BCUT2D eigenvalue weighted by molar-refractivity contribution is 0.234. The van der Waals surface area contributed by atoms with Crippen molar-refractivity contribution in [2.75, 3.05) is 0 Å². The van der Waals surface area contributed by atoms with E-state index in [0.29, 0.717) is 5.01 Å². The van der Waals surface area contributed by atoms with Crippen LogP contribution in [0.5, 0.6) is 0 Å². The van der Waals surface area contributed by atoms with Gasteiger partial charge < -0.3 is 11.5 Å². The summed E-state index contributed by atoms with van der Waals surface area (Å²) in [5.74, 6) is -0.554. The molecule has 0 atom stereocenters. The third-order valence-electron chi connectivity index (χ3n) is 0.632. The maximum absolute atomic E-state index is 10.0. The lowest BCUT2D eigenvalue weighted by Gasteiger charge is -2.12. The van der Waals surface area contributed by atoms with E-state index in [1.165, 1.54) is 6.19 Å². The monoisotopic (exact) mass is 193 g/mol. The van der Waals surface area contributed by atoms with Crippen molar-refractivity contribution in [3.05, 3.63) is 0 Å². The van der Waals surface area contributed by atoms with E-state index in [9.17, 15) is 4.79 Å². The van der Waals surface area contributed by atoms with Gasteiger partial charge in [0.05, 0.1) is 0 Å². The molecule has 0 aliphatic rings. The topological polar surface area (TPSA) is 144 Å². The number of urea groups is 1. The highest BCUT2D eigenvalue weighted by atomic mass is 35.5. The van der Waals surface area contributed by atoms with Crippen LogP contribution in [0.15, 0.2) is 0 Å². The summed E-state index contributed by atoms with van der Waals surface area (Å²) in [6.07, 6.45) is 1.46. The largest absolute Gasteiger partial charge is 0.368 e. The van der Waals surface area contributed by atoms with E-state index in [1.54, 1.807) is 0 Å². The molecule has 0 radical (unpaired) electrons. The number of nitrogens with one attached hydrogen (secondary N) is 3. The molecular weight excluding hydrogens is 186 g/mol. The molecule has 0 aromatic carbocycles. The molecule has 0 bridgehead atoms. The van der Waals surface area contributed by atoms with Gasteiger partial charge in [0.1, 0.15) is 0 Å². The molecule has 0 spiro atoms. The predicted octanol–water partition coefficient (Wildman–Crippen LogP) is -1.83. The second-order valence-corrected chi connectivity index (χ2v) is 1.42. The molecule has 7 N–H and O–H groups in total. The molecular formula is C3H8ClN7O. The molecule has 0 heterocycles. The van der Waals surface area contributed by atoms with Crippen LogP contribution in [0.4, 0.5) is 4.79 Å². The van der Waals surface area contributed by atoms with E-state index >= 15 is 0 Å². The van der Waals surface area contributed by atoms with E-state index < -0.39 is 12.0 Å². The van der Waals surface area contributed by atoms with Gasteiger partial charge in [0.25, 0.3) is 0 Å². The Hall–Kier alpha value is -1.72. The summed E-state index contributed by atoms with van der Waals surface area (Å²) in [5, 5.41) is 15.5. The number of carbonyl (C=O) groups is 1. The van der Waals surface area contributed by atoms with Crippen molar-refractivity contribution in [1.82, 2.24) is 16.0 Å². The second-order valence-electron chi connectivity index (χ2n) is 1.42. The number of carbonyl (C=O) groups excluding carboxylic acids is 1. The molecule has 0 fully saturated rings. The Morgan fingerprint density at radius 2 is 2.08 bits per heavy atom. The lowest BCUT2D eigenvalue weighted by atomic mass is 10.9. The van der Waals surface area contributed by atoms with Gasteiger partial charge in [-0.3, -0.25) is 10.8 Å². The Labute approximate surface area is 74.3 Å². The molecule has 8 nitrogen and oxygen atoms in total. The van der Waals surface area contributed by atoms with Crippen molar-refractivity contribution in [3.63, 3.8) is 0 Å². The molecule has 0 aliphatic heterocycles. The first-order chi connectivity index (χ1) is 5.07. The van der Waals surface area contributed by atoms with Crippen LogP contribution in [0.25, 0.3) is 0 Å². The van der Waals surface area contributed by atoms with Gasteiger partial charge in [0.2, 0.25) is 12.2 Å². The van der Waals surface area contributed by atoms with E-state index in [0.717, 1.165) is 0 Å². The van der Waals surface area contributed by atoms with Gasteiger partial charge in [0, 0.05) is 0 Å². The molecule has 0 unspecified atom stereocenters. The first-order valence-electron chi connectivity index (χ1n) is 2.43. The summed E-state index contributed by atoms with van der Waals surface area (Å²) in [6.45, 7) is 0. The molecule has 2 amide bonds. The molecule has 68 valence electrons. The third-order valence-corrected chi connectivity index (χ3v) is 0.632. The summed E-state index contributed by atoms with van der Waals surface area (Å²) in [5.41, 5.74) is 13.3. The highest BCUT2D eigenvalue weighted by molar-refractivity contribution is 5.85. The Morgan fingerprint density at radius 1 is 1.58 bits per heavy atom. The minimum Gasteiger partial charge on any atom is -0.368 e. The number of nitriles is 1. The molecule has 0 aromatic rings. The van der Waals surface area contributed by atoms with E-state index in [-0.39, 0.29) is 12.4 Å². The zero-order chi connectivity index (χ0) is 8.85. The zero-order valence-corrected chi connectivity index (χ0v) is 6.68. The van der Waals surface area contributed by atoms with Crippen molar-refractivity contribution in [2.24, 2.45) is 11.5 Å². The maximum Gasteiger partial charge on any atom is 0.327 e. The van der Waals surface area contributed by atoms with E-state index in [1.807, 2.05) is 11.0 Å². The number of hydrogen-bond acceptors (Lipinski definition) is 4. The average molecular weight is 194 g/mol. The highest BCUT2D eigenvalue weighted by Crippen LogP contribution is 1.70. The number of halogens is 1. The Morgan fingerprint density at radius 3 is 2.33 bits per heavy atom. The van der Waals surface area contributed by atoms with Gasteiger partial charge in [-0.25, -0.2) is 4.79 Å². The summed E-state index contributed by atoms with van der Waals surface area (Å²) in [6, 6.07) is -0.883. The standard InChI is InChI=1S/C3H7N7O.ClH/c4-1-10(2(5)6)9-8-3(7)11;/h9H,(H3,5,6)(H3,7,8,11);1H. The van der Waals surface area contributed by atoms with Gasteiger partial charge >= 0.3 is 6.03 Å². The molecule has 0 saturated heterocycles. The molecule has 0 aromatic heterocycles. The number of rotatable bonds is 2. The van der Waals surface area contributed by atoms with Crippen molar-refractivity contribution in [2.45, 2.75) is 0 Å². The van der Waals surface area contributed by atoms with Crippen LogP contribution < -0.4 is 22.4 Å². The first kappa shape index (κ1) is 12.9. The van der Waals surface area contributed by atoms with Gasteiger partial charge in [0.15, 0.2) is 0 Å². The number of amides is 2. The number of nitrogens with two attached hydrogens (primary N) is 2. The van der Waals surface area contributed by atoms with E-state index in [4.69, 9.17) is 16.4 Å². The van der Waals surface area contributed by atoms with Crippen molar-refractivity contribution in [3.8, 4) is 6.19 Å². The van der Waals surface area contributed by atoms with Crippen molar-refractivity contribution >= 4 is 24.4 Å². The number of nitrogens with zero attached hydrogens (tertiary/aromatic N) is 2. The van der Waals surface area contributed by atoms with Crippen LogP contribution in [0.1, 0.15) is 0 Å². The fourth-order valence-electron chi connectivity index (χ4n) is 0.250. The van der Waals surface area contributed by atoms with Crippen LogP contribution >= 0.6 is 12.4 Å². The highest BCUT2D eigenvalue weighted by Gasteiger charge is 2.03. The Balaban J connectivity index is 0. The molecule has 0 rings (SSSR count). The fraction of sp³-hybridized carbons (Fsp3) is 0. The first-order valence-corrected chi connectivity index (χ1v) is 2.43.